The summed E-state index contributed by atoms with van der Waals surface area (Å²) in [7, 11) is 3.01. The fourth-order valence-corrected chi connectivity index (χ4v) is 3.04. The molecule has 0 saturated carbocycles. The predicted molar refractivity (Wildman–Crippen MR) is 109 cm³/mol. The first kappa shape index (κ1) is 22.3. The lowest BCUT2D eigenvalue weighted by atomic mass is 9.98. The molecule has 2 N–H and O–H groups in total. The highest BCUT2D eigenvalue weighted by molar-refractivity contribution is 5.54. The Kier molecular flexibility index (Phi) is 6.91. The average Bonchev–Trinajstić information content (AvgIpc) is 2.76. The van der Waals surface area contributed by atoms with Crippen LogP contribution in [0.4, 0.5) is 13.2 Å². The standard InChI is InChI=1S/C23H22F3NO4/c1-28-20-12-18(22(27)16-8-10-17(11-9-16)31-23(24,25)26)19(13-21(20)29-2)30-14-15-6-4-3-5-7-15/h3-13,22H,14,27H2,1-2H3/t22-/m0/s1. The molecule has 0 heterocycles. The first-order valence-corrected chi connectivity index (χ1v) is 9.34. The Morgan fingerprint density at radius 1 is 0.839 bits per heavy atom. The van der Waals surface area contributed by atoms with Crippen molar-refractivity contribution < 1.29 is 32.1 Å². The van der Waals surface area contributed by atoms with Gasteiger partial charge in [-0.1, -0.05) is 42.5 Å². The summed E-state index contributed by atoms with van der Waals surface area (Å²) in [6, 6.07) is 17.7. The van der Waals surface area contributed by atoms with E-state index in [1.165, 1.54) is 38.5 Å². The van der Waals surface area contributed by atoms with Crippen molar-refractivity contribution in [2.24, 2.45) is 5.73 Å². The molecular weight excluding hydrogens is 411 g/mol. The molecule has 3 rings (SSSR count). The smallest absolute Gasteiger partial charge is 0.493 e. The Labute approximate surface area is 178 Å². The van der Waals surface area contributed by atoms with Gasteiger partial charge in [0.15, 0.2) is 11.5 Å². The monoisotopic (exact) mass is 433 g/mol. The van der Waals surface area contributed by atoms with Gasteiger partial charge in [0.2, 0.25) is 0 Å². The molecule has 31 heavy (non-hydrogen) atoms. The molecule has 0 aromatic heterocycles. The average molecular weight is 433 g/mol. The van der Waals surface area contributed by atoms with Crippen LogP contribution in [0.5, 0.6) is 23.0 Å². The van der Waals surface area contributed by atoms with E-state index in [9.17, 15) is 13.2 Å². The van der Waals surface area contributed by atoms with E-state index in [0.717, 1.165) is 5.56 Å². The van der Waals surface area contributed by atoms with Crippen LogP contribution in [0.25, 0.3) is 0 Å². The number of halogens is 3. The molecule has 0 amide bonds. The molecule has 0 aliphatic rings. The summed E-state index contributed by atoms with van der Waals surface area (Å²) in [4.78, 5) is 0. The number of nitrogens with two attached hydrogens (primary N) is 1. The number of rotatable bonds is 8. The molecule has 0 aliphatic carbocycles. The lowest BCUT2D eigenvalue weighted by Crippen LogP contribution is -2.17. The molecular formula is C23H22F3NO4. The van der Waals surface area contributed by atoms with Crippen LogP contribution >= 0.6 is 0 Å². The molecule has 3 aromatic carbocycles. The fraction of sp³-hybridized carbons (Fsp3) is 0.217. The summed E-state index contributed by atoms with van der Waals surface area (Å²) in [5.74, 6) is 1.08. The molecule has 5 nitrogen and oxygen atoms in total. The summed E-state index contributed by atoms with van der Waals surface area (Å²) in [5, 5.41) is 0. The van der Waals surface area contributed by atoms with Gasteiger partial charge in [-0.25, -0.2) is 0 Å². The number of hydrogen-bond donors (Lipinski definition) is 1. The van der Waals surface area contributed by atoms with Gasteiger partial charge in [0, 0.05) is 11.6 Å². The van der Waals surface area contributed by atoms with Gasteiger partial charge in [-0.05, 0) is 29.3 Å². The zero-order valence-corrected chi connectivity index (χ0v) is 17.0. The number of methoxy groups -OCH3 is 2. The van der Waals surface area contributed by atoms with Gasteiger partial charge in [0.1, 0.15) is 18.1 Å². The van der Waals surface area contributed by atoms with Crippen LogP contribution in [0.15, 0.2) is 66.7 Å². The Morgan fingerprint density at radius 2 is 1.45 bits per heavy atom. The minimum Gasteiger partial charge on any atom is -0.493 e. The number of alkyl halides is 3. The van der Waals surface area contributed by atoms with Crippen LogP contribution in [0.1, 0.15) is 22.7 Å². The zero-order valence-electron chi connectivity index (χ0n) is 17.0. The molecule has 0 radical (unpaired) electrons. The first-order chi connectivity index (χ1) is 14.8. The van der Waals surface area contributed by atoms with Crippen molar-refractivity contribution in [2.45, 2.75) is 19.0 Å². The van der Waals surface area contributed by atoms with Crippen LogP contribution in [0.3, 0.4) is 0 Å². The summed E-state index contributed by atoms with van der Waals surface area (Å²) in [5.41, 5.74) is 8.57. The molecule has 164 valence electrons. The summed E-state index contributed by atoms with van der Waals surface area (Å²) in [6.45, 7) is 0.300. The molecule has 0 bridgehead atoms. The lowest BCUT2D eigenvalue weighted by molar-refractivity contribution is -0.274. The van der Waals surface area contributed by atoms with Crippen LogP contribution < -0.4 is 24.7 Å². The van der Waals surface area contributed by atoms with E-state index in [1.54, 1.807) is 12.1 Å². The summed E-state index contributed by atoms with van der Waals surface area (Å²) >= 11 is 0. The van der Waals surface area contributed by atoms with Gasteiger partial charge < -0.3 is 24.7 Å². The van der Waals surface area contributed by atoms with Crippen molar-refractivity contribution in [3.63, 3.8) is 0 Å². The van der Waals surface area contributed by atoms with E-state index in [0.29, 0.717) is 35.0 Å². The molecule has 0 unspecified atom stereocenters. The Balaban J connectivity index is 1.91. The van der Waals surface area contributed by atoms with Gasteiger partial charge in [0.25, 0.3) is 0 Å². The van der Waals surface area contributed by atoms with Crippen molar-refractivity contribution in [2.75, 3.05) is 14.2 Å². The summed E-state index contributed by atoms with van der Waals surface area (Å²) in [6.07, 6.45) is -4.76. The van der Waals surface area contributed by atoms with Crippen molar-refractivity contribution >= 4 is 0 Å². The maximum Gasteiger partial charge on any atom is 0.573 e. The van der Waals surface area contributed by atoms with Crippen LogP contribution in [-0.4, -0.2) is 20.6 Å². The highest BCUT2D eigenvalue weighted by Gasteiger charge is 2.31. The molecule has 3 aromatic rings. The van der Waals surface area contributed by atoms with Gasteiger partial charge in [0.05, 0.1) is 20.3 Å². The van der Waals surface area contributed by atoms with E-state index < -0.39 is 12.4 Å². The fourth-order valence-electron chi connectivity index (χ4n) is 3.04. The number of hydrogen-bond acceptors (Lipinski definition) is 5. The second kappa shape index (κ2) is 9.61. The van der Waals surface area contributed by atoms with E-state index in [4.69, 9.17) is 19.9 Å². The Bertz CT molecular complexity index is 992. The topological polar surface area (TPSA) is 62.9 Å². The second-order valence-corrected chi connectivity index (χ2v) is 6.61. The SMILES string of the molecule is COc1cc(OCc2ccccc2)c([C@@H](N)c2ccc(OC(F)(F)F)cc2)cc1OC. The third-order valence-electron chi connectivity index (χ3n) is 4.56. The number of benzene rings is 3. The van der Waals surface area contributed by atoms with Gasteiger partial charge >= 0.3 is 6.36 Å². The van der Waals surface area contributed by atoms with Crippen molar-refractivity contribution in [3.05, 3.63) is 83.4 Å². The highest BCUT2D eigenvalue weighted by Crippen LogP contribution is 2.39. The Hall–Kier alpha value is -3.39. The van der Waals surface area contributed by atoms with E-state index >= 15 is 0 Å². The van der Waals surface area contributed by atoms with Gasteiger partial charge in [-0.15, -0.1) is 13.2 Å². The van der Waals surface area contributed by atoms with E-state index in [2.05, 4.69) is 4.74 Å². The Morgan fingerprint density at radius 3 is 2.03 bits per heavy atom. The van der Waals surface area contributed by atoms with Crippen molar-refractivity contribution in [1.82, 2.24) is 0 Å². The van der Waals surface area contributed by atoms with Crippen LogP contribution in [0.2, 0.25) is 0 Å². The van der Waals surface area contributed by atoms with E-state index in [1.807, 2.05) is 30.3 Å². The summed E-state index contributed by atoms with van der Waals surface area (Å²) < 4.78 is 57.9. The quantitative estimate of drug-likeness (QED) is 0.527. The third kappa shape index (κ3) is 5.82. The highest BCUT2D eigenvalue weighted by atomic mass is 19.4. The molecule has 0 saturated heterocycles. The molecule has 0 spiro atoms. The first-order valence-electron chi connectivity index (χ1n) is 9.34. The van der Waals surface area contributed by atoms with Crippen LogP contribution in [0, 0.1) is 0 Å². The molecule has 8 heteroatoms. The predicted octanol–water partition coefficient (Wildman–Crippen LogP) is 5.23. The van der Waals surface area contributed by atoms with Gasteiger partial charge in [-0.3, -0.25) is 0 Å². The zero-order chi connectivity index (χ0) is 22.4. The lowest BCUT2D eigenvalue weighted by Gasteiger charge is -2.20. The minimum absolute atomic E-state index is 0.300. The van der Waals surface area contributed by atoms with Crippen molar-refractivity contribution in [3.8, 4) is 23.0 Å². The third-order valence-corrected chi connectivity index (χ3v) is 4.56. The van der Waals surface area contributed by atoms with Crippen molar-refractivity contribution in [1.29, 1.82) is 0 Å². The second-order valence-electron chi connectivity index (χ2n) is 6.61. The largest absolute Gasteiger partial charge is 0.573 e. The molecule has 0 aliphatic heterocycles. The normalized spacial score (nSPS) is 12.2. The van der Waals surface area contributed by atoms with Gasteiger partial charge in [-0.2, -0.15) is 0 Å². The number of ether oxygens (including phenoxy) is 4. The molecule has 1 atom stereocenters. The van der Waals surface area contributed by atoms with Crippen LogP contribution in [-0.2, 0) is 6.61 Å². The maximum atomic E-state index is 12.4. The maximum absolute atomic E-state index is 12.4. The molecule has 0 fully saturated rings. The van der Waals surface area contributed by atoms with E-state index in [-0.39, 0.29) is 5.75 Å². The minimum atomic E-state index is -4.76.